The minimum atomic E-state index is -0.648. The molecule has 0 aliphatic carbocycles. The van der Waals surface area contributed by atoms with Crippen LogP contribution in [0.25, 0.3) is 11.4 Å². The number of hydrogen-bond donors (Lipinski definition) is 2. The molecular formula is C22H17BrFN5OS. The van der Waals surface area contributed by atoms with E-state index in [0.717, 1.165) is 15.6 Å². The summed E-state index contributed by atoms with van der Waals surface area (Å²) in [5.74, 6) is 6.09. The number of halogens is 2. The second-order valence-corrected chi connectivity index (χ2v) is 8.49. The molecule has 0 aliphatic rings. The molecule has 0 saturated carbocycles. The minimum absolute atomic E-state index is 0.284. The van der Waals surface area contributed by atoms with Crippen molar-refractivity contribution < 1.29 is 9.18 Å². The Kier molecular flexibility index (Phi) is 6.34. The lowest BCUT2D eigenvalue weighted by molar-refractivity contribution is -0.115. The van der Waals surface area contributed by atoms with Gasteiger partial charge in [-0.3, -0.25) is 4.79 Å². The van der Waals surface area contributed by atoms with Crippen LogP contribution in [0.1, 0.15) is 10.8 Å². The van der Waals surface area contributed by atoms with E-state index >= 15 is 0 Å². The molecule has 0 bridgehead atoms. The fraction of sp³-hybridized carbons (Fsp3) is 0.0455. The monoisotopic (exact) mass is 497 g/mol. The van der Waals surface area contributed by atoms with E-state index in [1.807, 2.05) is 54.6 Å². The predicted molar refractivity (Wildman–Crippen MR) is 123 cm³/mol. The van der Waals surface area contributed by atoms with Crippen LogP contribution in [-0.2, 0) is 4.79 Å². The first-order valence-electron chi connectivity index (χ1n) is 9.26. The van der Waals surface area contributed by atoms with E-state index in [9.17, 15) is 9.18 Å². The first-order chi connectivity index (χ1) is 15.0. The van der Waals surface area contributed by atoms with Crippen LogP contribution < -0.4 is 11.2 Å². The van der Waals surface area contributed by atoms with E-state index in [1.54, 1.807) is 0 Å². The van der Waals surface area contributed by atoms with E-state index in [-0.39, 0.29) is 11.7 Å². The number of nitrogens with one attached hydrogen (secondary N) is 1. The predicted octanol–water partition coefficient (Wildman–Crippen LogP) is 5.03. The van der Waals surface area contributed by atoms with Crippen LogP contribution >= 0.6 is 27.7 Å². The lowest BCUT2D eigenvalue weighted by Crippen LogP contribution is -2.20. The fourth-order valence-corrected chi connectivity index (χ4v) is 4.35. The number of carbonyl (C=O) groups excluding carboxylic acids is 1. The molecule has 9 heteroatoms. The Hall–Kier alpha value is -3.17. The number of nitrogens with two attached hydrogens (primary N) is 1. The first kappa shape index (κ1) is 21.1. The maximum absolute atomic E-state index is 13.2. The van der Waals surface area contributed by atoms with Crippen LogP contribution in [0, 0.1) is 5.82 Å². The van der Waals surface area contributed by atoms with Gasteiger partial charge in [-0.05, 0) is 42.0 Å². The van der Waals surface area contributed by atoms with Gasteiger partial charge in [0, 0.05) is 15.7 Å². The molecule has 4 rings (SSSR count). The number of rotatable bonds is 6. The molecule has 1 unspecified atom stereocenters. The third-order valence-corrected chi connectivity index (χ3v) is 6.36. The highest BCUT2D eigenvalue weighted by atomic mass is 79.9. The van der Waals surface area contributed by atoms with Gasteiger partial charge in [0.15, 0.2) is 5.82 Å². The smallest absolute Gasteiger partial charge is 0.242 e. The van der Waals surface area contributed by atoms with Crippen molar-refractivity contribution in [1.82, 2.24) is 14.9 Å². The second-order valence-electron chi connectivity index (χ2n) is 6.56. The Morgan fingerprint density at radius 1 is 1.00 bits per heavy atom. The van der Waals surface area contributed by atoms with Crippen molar-refractivity contribution in [1.29, 1.82) is 0 Å². The standard InChI is InChI=1S/C22H17BrFN5OS/c23-18-9-5-4-8-17(18)20-27-28-22(29(20)25)31-19(14-6-2-1-3-7-14)21(30)26-16-12-10-15(24)11-13-16/h1-13,19H,25H2,(H,26,30). The van der Waals surface area contributed by atoms with Crippen LogP contribution in [-0.4, -0.2) is 20.8 Å². The van der Waals surface area contributed by atoms with Gasteiger partial charge in [-0.1, -0.05) is 70.2 Å². The van der Waals surface area contributed by atoms with E-state index in [2.05, 4.69) is 31.4 Å². The van der Waals surface area contributed by atoms with Crippen molar-refractivity contribution in [3.63, 3.8) is 0 Å². The maximum atomic E-state index is 13.2. The van der Waals surface area contributed by atoms with Crippen LogP contribution in [0.2, 0.25) is 0 Å². The molecule has 0 aliphatic heterocycles. The molecular weight excluding hydrogens is 481 g/mol. The number of amides is 1. The highest BCUT2D eigenvalue weighted by molar-refractivity contribution is 9.10. The number of aromatic nitrogens is 3. The van der Waals surface area contributed by atoms with Gasteiger partial charge in [0.2, 0.25) is 11.1 Å². The van der Waals surface area contributed by atoms with Crippen molar-refractivity contribution in [3.8, 4) is 11.4 Å². The number of thioether (sulfide) groups is 1. The molecule has 0 spiro atoms. The Bertz CT molecular complexity index is 1200. The number of benzene rings is 3. The number of hydrogen-bond acceptors (Lipinski definition) is 5. The molecule has 6 nitrogen and oxygen atoms in total. The van der Waals surface area contributed by atoms with Gasteiger partial charge < -0.3 is 11.2 Å². The average molecular weight is 498 g/mol. The number of carbonyl (C=O) groups is 1. The Morgan fingerprint density at radius 3 is 2.39 bits per heavy atom. The molecule has 0 saturated heterocycles. The van der Waals surface area contributed by atoms with Crippen molar-refractivity contribution in [2.75, 3.05) is 11.2 Å². The topological polar surface area (TPSA) is 85.8 Å². The second kappa shape index (κ2) is 9.32. The molecule has 1 heterocycles. The van der Waals surface area contributed by atoms with Gasteiger partial charge >= 0.3 is 0 Å². The summed E-state index contributed by atoms with van der Waals surface area (Å²) in [5.41, 5.74) is 2.06. The summed E-state index contributed by atoms with van der Waals surface area (Å²) >= 11 is 4.68. The van der Waals surface area contributed by atoms with Gasteiger partial charge in [-0.25, -0.2) is 9.07 Å². The molecule has 31 heavy (non-hydrogen) atoms. The van der Waals surface area contributed by atoms with Crippen molar-refractivity contribution in [3.05, 3.63) is 94.7 Å². The molecule has 1 atom stereocenters. The molecule has 1 aromatic heterocycles. The molecule has 1 amide bonds. The molecule has 156 valence electrons. The molecule has 4 aromatic rings. The van der Waals surface area contributed by atoms with Gasteiger partial charge in [0.25, 0.3) is 0 Å². The van der Waals surface area contributed by atoms with E-state index in [4.69, 9.17) is 5.84 Å². The molecule has 0 radical (unpaired) electrons. The number of nitrogen functional groups attached to an aromatic ring is 1. The summed E-state index contributed by atoms with van der Waals surface area (Å²) < 4.78 is 15.4. The van der Waals surface area contributed by atoms with E-state index < -0.39 is 5.25 Å². The van der Waals surface area contributed by atoms with Crippen LogP contribution in [0.5, 0.6) is 0 Å². The van der Waals surface area contributed by atoms with Gasteiger partial charge in [-0.15, -0.1) is 10.2 Å². The zero-order valence-corrected chi connectivity index (χ0v) is 18.5. The van der Waals surface area contributed by atoms with Gasteiger partial charge in [-0.2, -0.15) is 0 Å². The average Bonchev–Trinajstić information content (AvgIpc) is 3.14. The summed E-state index contributed by atoms with van der Waals surface area (Å²) in [4.78, 5) is 13.1. The number of anilines is 1. The largest absolute Gasteiger partial charge is 0.335 e. The van der Waals surface area contributed by atoms with Crippen molar-refractivity contribution in [2.45, 2.75) is 10.4 Å². The fourth-order valence-electron chi connectivity index (χ4n) is 2.93. The summed E-state index contributed by atoms with van der Waals surface area (Å²) in [6.07, 6.45) is 0. The quantitative estimate of drug-likeness (QED) is 0.288. The molecule has 3 N–H and O–H groups in total. The lowest BCUT2D eigenvalue weighted by atomic mass is 10.1. The van der Waals surface area contributed by atoms with Crippen LogP contribution in [0.3, 0.4) is 0 Å². The number of nitrogens with zero attached hydrogens (tertiary/aromatic N) is 3. The van der Waals surface area contributed by atoms with Gasteiger partial charge in [0.05, 0.1) is 0 Å². The normalized spacial score (nSPS) is 11.8. The zero-order chi connectivity index (χ0) is 21.8. The summed E-state index contributed by atoms with van der Waals surface area (Å²) in [6, 6.07) is 22.4. The Labute approximate surface area is 190 Å². The maximum Gasteiger partial charge on any atom is 0.242 e. The summed E-state index contributed by atoms with van der Waals surface area (Å²) in [5, 5.41) is 11.0. The summed E-state index contributed by atoms with van der Waals surface area (Å²) in [6.45, 7) is 0. The van der Waals surface area contributed by atoms with Crippen molar-refractivity contribution >= 4 is 39.3 Å². The molecule has 3 aromatic carbocycles. The first-order valence-corrected chi connectivity index (χ1v) is 10.9. The summed E-state index contributed by atoms with van der Waals surface area (Å²) in [7, 11) is 0. The Morgan fingerprint density at radius 2 is 1.68 bits per heavy atom. The highest BCUT2D eigenvalue weighted by Crippen LogP contribution is 2.36. The van der Waals surface area contributed by atoms with E-state index in [1.165, 1.54) is 40.7 Å². The third-order valence-electron chi connectivity index (χ3n) is 4.45. The van der Waals surface area contributed by atoms with Crippen molar-refractivity contribution in [2.24, 2.45) is 0 Å². The van der Waals surface area contributed by atoms with E-state index in [0.29, 0.717) is 16.7 Å². The van der Waals surface area contributed by atoms with Gasteiger partial charge in [0.1, 0.15) is 11.1 Å². The zero-order valence-electron chi connectivity index (χ0n) is 16.1. The minimum Gasteiger partial charge on any atom is -0.335 e. The highest BCUT2D eigenvalue weighted by Gasteiger charge is 2.26. The SMILES string of the molecule is Nn1c(SC(C(=O)Nc2ccc(F)cc2)c2ccccc2)nnc1-c1ccccc1Br. The lowest BCUT2D eigenvalue weighted by Gasteiger charge is -2.16. The Balaban J connectivity index is 1.64. The third kappa shape index (κ3) is 4.78. The van der Waals surface area contributed by atoms with Crippen LogP contribution in [0.15, 0.2) is 88.5 Å². The van der Waals surface area contributed by atoms with Crippen LogP contribution in [0.4, 0.5) is 10.1 Å². The molecule has 0 fully saturated rings.